The van der Waals surface area contributed by atoms with E-state index in [-0.39, 0.29) is 12.6 Å². The van der Waals surface area contributed by atoms with Crippen molar-refractivity contribution < 1.29 is 5.11 Å². The number of hydrogen-bond acceptors (Lipinski definition) is 3. The van der Waals surface area contributed by atoms with Crippen LogP contribution in [0, 0.1) is 5.53 Å². The molecule has 5 heteroatoms. The first-order valence-electron chi connectivity index (χ1n) is 2.85. The number of rotatable bonds is 2. The Labute approximate surface area is 59.5 Å². The molecule has 0 heterocycles. The summed E-state index contributed by atoms with van der Waals surface area (Å²) in [5.74, 6) is -0.112. The van der Waals surface area contributed by atoms with Gasteiger partial charge in [-0.3, -0.25) is 0 Å². The highest BCUT2D eigenvalue weighted by atomic mass is 16.3. The molecule has 10 heavy (non-hydrogen) atoms. The molecule has 0 unspecified atom stereocenters. The molecule has 0 atom stereocenters. The summed E-state index contributed by atoms with van der Waals surface area (Å²) in [6.45, 7) is 3.29. The van der Waals surface area contributed by atoms with Crippen molar-refractivity contribution in [1.82, 2.24) is 0 Å². The molecule has 0 saturated carbocycles. The lowest BCUT2D eigenvalue weighted by Gasteiger charge is -2.14. The molecule has 4 N–H and O–H groups in total. The highest BCUT2D eigenvalue weighted by Gasteiger charge is 2.14. The summed E-state index contributed by atoms with van der Waals surface area (Å²) >= 11 is 0. The molecule has 0 aromatic rings. The van der Waals surface area contributed by atoms with Gasteiger partial charge in [-0.05, 0) is 13.8 Å². The van der Waals surface area contributed by atoms with Crippen LogP contribution in [0.1, 0.15) is 13.8 Å². The van der Waals surface area contributed by atoms with E-state index in [1.807, 2.05) is 0 Å². The Morgan fingerprint density at radius 1 is 1.70 bits per heavy atom. The van der Waals surface area contributed by atoms with Crippen molar-refractivity contribution in [2.24, 2.45) is 15.8 Å². The van der Waals surface area contributed by atoms with Crippen LogP contribution in [0.2, 0.25) is 0 Å². The normalized spacial score (nSPS) is 13.3. The lowest BCUT2D eigenvalue weighted by molar-refractivity contribution is 0.222. The zero-order valence-corrected chi connectivity index (χ0v) is 6.13. The van der Waals surface area contributed by atoms with E-state index in [2.05, 4.69) is 10.1 Å². The van der Waals surface area contributed by atoms with Crippen LogP contribution in [-0.2, 0) is 0 Å². The van der Waals surface area contributed by atoms with E-state index in [0.717, 1.165) is 0 Å². The Bertz CT molecular complexity index is 152. The number of guanidine groups is 1. The minimum atomic E-state index is -0.630. The average molecular weight is 144 g/mol. The van der Waals surface area contributed by atoms with Crippen molar-refractivity contribution in [2.45, 2.75) is 19.4 Å². The summed E-state index contributed by atoms with van der Waals surface area (Å²) in [6.07, 6.45) is 0. The molecule has 0 amide bonds. The second-order valence-electron chi connectivity index (χ2n) is 2.55. The maximum atomic E-state index is 8.67. The van der Waals surface area contributed by atoms with Gasteiger partial charge < -0.3 is 10.8 Å². The minimum Gasteiger partial charge on any atom is -0.394 e. The molecule has 5 nitrogen and oxygen atoms in total. The molecule has 0 aliphatic carbocycles. The molecule has 0 aromatic carbocycles. The first kappa shape index (κ1) is 9.03. The third-order valence-corrected chi connectivity index (χ3v) is 0.919. The highest BCUT2D eigenvalue weighted by molar-refractivity contribution is 5.78. The van der Waals surface area contributed by atoms with Gasteiger partial charge in [-0.2, -0.15) is 0 Å². The molecule has 0 spiro atoms. The summed E-state index contributed by atoms with van der Waals surface area (Å²) < 4.78 is 0. The van der Waals surface area contributed by atoms with Crippen LogP contribution < -0.4 is 5.73 Å². The summed E-state index contributed by atoms with van der Waals surface area (Å²) in [5, 5.41) is 11.6. The number of hydrogen-bond donors (Lipinski definition) is 3. The lowest BCUT2D eigenvalue weighted by Crippen LogP contribution is -2.26. The monoisotopic (exact) mass is 144 g/mol. The zero-order valence-electron chi connectivity index (χ0n) is 6.13. The van der Waals surface area contributed by atoms with Gasteiger partial charge >= 0.3 is 0 Å². The van der Waals surface area contributed by atoms with E-state index in [1.165, 1.54) is 0 Å². The number of aliphatic hydroxyl groups excluding tert-OH is 1. The van der Waals surface area contributed by atoms with Crippen molar-refractivity contribution in [3.8, 4) is 0 Å². The van der Waals surface area contributed by atoms with E-state index >= 15 is 0 Å². The molecular weight excluding hydrogens is 132 g/mol. The minimum absolute atomic E-state index is 0.108. The van der Waals surface area contributed by atoms with E-state index < -0.39 is 5.54 Å². The van der Waals surface area contributed by atoms with Gasteiger partial charge in [0, 0.05) is 0 Å². The highest BCUT2D eigenvalue weighted by Crippen LogP contribution is 2.06. The Hall–Kier alpha value is -0.970. The lowest BCUT2D eigenvalue weighted by atomic mass is 10.1. The second kappa shape index (κ2) is 3.26. The molecular formula is C5H12N4O. The number of nitrogens with two attached hydrogens (primary N) is 1. The van der Waals surface area contributed by atoms with E-state index in [4.69, 9.17) is 16.4 Å². The van der Waals surface area contributed by atoms with Crippen LogP contribution in [0.25, 0.3) is 0 Å². The van der Waals surface area contributed by atoms with Crippen LogP contribution in [0.4, 0.5) is 0 Å². The Morgan fingerprint density at radius 2 is 2.20 bits per heavy atom. The fraction of sp³-hybridized carbons (Fsp3) is 0.800. The Balaban J connectivity index is 4.22. The van der Waals surface area contributed by atoms with Crippen LogP contribution in [0.3, 0.4) is 0 Å². The summed E-state index contributed by atoms with van der Waals surface area (Å²) in [7, 11) is 0. The van der Waals surface area contributed by atoms with Crippen LogP contribution in [0.5, 0.6) is 0 Å². The standard InChI is InChI=1S/C5H12N4O/c1-5(2,3-10)8-4(6)9-7/h7,10H,3H2,1-2H3,(H2,6,8). The molecule has 0 aliphatic rings. The quantitative estimate of drug-likeness (QED) is 0.291. The van der Waals surface area contributed by atoms with Gasteiger partial charge in [0.2, 0.25) is 5.96 Å². The van der Waals surface area contributed by atoms with Crippen molar-refractivity contribution in [2.75, 3.05) is 6.61 Å². The summed E-state index contributed by atoms with van der Waals surface area (Å²) in [5.41, 5.74) is 10.9. The molecule has 0 bridgehead atoms. The van der Waals surface area contributed by atoms with E-state index in [9.17, 15) is 0 Å². The maximum Gasteiger partial charge on any atom is 0.235 e. The average Bonchev–Trinajstić information content (AvgIpc) is 1.87. The third kappa shape index (κ3) is 3.13. The molecule has 0 rings (SSSR count). The maximum absolute atomic E-state index is 8.67. The van der Waals surface area contributed by atoms with Gasteiger partial charge in [-0.15, -0.1) is 5.11 Å². The molecule has 0 saturated heterocycles. The van der Waals surface area contributed by atoms with E-state index in [0.29, 0.717) is 0 Å². The number of aliphatic hydroxyl groups is 1. The summed E-state index contributed by atoms with van der Waals surface area (Å²) in [4.78, 5) is 3.74. The SMILES string of the molecule is CC(C)(CO)N=C(N)N=N. The first-order valence-corrected chi connectivity index (χ1v) is 2.85. The molecule has 58 valence electrons. The van der Waals surface area contributed by atoms with Gasteiger partial charge in [0.15, 0.2) is 0 Å². The summed E-state index contributed by atoms with van der Waals surface area (Å²) in [6, 6.07) is 0. The second-order valence-corrected chi connectivity index (χ2v) is 2.55. The third-order valence-electron chi connectivity index (χ3n) is 0.919. The van der Waals surface area contributed by atoms with Gasteiger partial charge in [-0.1, -0.05) is 0 Å². The fourth-order valence-corrected chi connectivity index (χ4v) is 0.370. The number of nitrogens with zero attached hydrogens (tertiary/aromatic N) is 2. The van der Waals surface area contributed by atoms with Crippen LogP contribution >= 0.6 is 0 Å². The topological polar surface area (TPSA) is 94.8 Å². The van der Waals surface area contributed by atoms with Crippen LogP contribution in [-0.4, -0.2) is 23.2 Å². The van der Waals surface area contributed by atoms with Gasteiger partial charge in [-0.25, -0.2) is 10.5 Å². The molecule has 0 fully saturated rings. The van der Waals surface area contributed by atoms with Crippen LogP contribution in [0.15, 0.2) is 10.1 Å². The predicted octanol–water partition coefficient (Wildman–Crippen LogP) is 0.103. The van der Waals surface area contributed by atoms with Crippen molar-refractivity contribution >= 4 is 5.96 Å². The Kier molecular flexibility index (Phi) is 2.95. The number of nitrogens with one attached hydrogen (secondary N) is 1. The largest absolute Gasteiger partial charge is 0.394 e. The predicted molar refractivity (Wildman–Crippen MR) is 37.9 cm³/mol. The van der Waals surface area contributed by atoms with Crippen molar-refractivity contribution in [1.29, 1.82) is 5.53 Å². The van der Waals surface area contributed by atoms with Crippen molar-refractivity contribution in [3.63, 3.8) is 0 Å². The first-order chi connectivity index (χ1) is 4.52. The molecule has 0 aromatic heterocycles. The number of aliphatic imine (C=N–C) groups is 1. The molecule has 0 aliphatic heterocycles. The van der Waals surface area contributed by atoms with Gasteiger partial charge in [0.05, 0.1) is 12.1 Å². The fourth-order valence-electron chi connectivity index (χ4n) is 0.370. The van der Waals surface area contributed by atoms with Crippen molar-refractivity contribution in [3.05, 3.63) is 0 Å². The smallest absolute Gasteiger partial charge is 0.235 e. The van der Waals surface area contributed by atoms with Gasteiger partial charge in [0.1, 0.15) is 0 Å². The van der Waals surface area contributed by atoms with E-state index in [1.54, 1.807) is 13.8 Å². The molecule has 0 radical (unpaired) electrons. The Morgan fingerprint density at radius 3 is 2.50 bits per heavy atom. The zero-order chi connectivity index (χ0) is 8.20. The van der Waals surface area contributed by atoms with Gasteiger partial charge in [0.25, 0.3) is 0 Å².